The van der Waals surface area contributed by atoms with Crippen LogP contribution in [0.3, 0.4) is 0 Å². The predicted molar refractivity (Wildman–Crippen MR) is 130 cm³/mol. The summed E-state index contributed by atoms with van der Waals surface area (Å²) in [5, 5.41) is 0. The van der Waals surface area contributed by atoms with Crippen LogP contribution in [0.4, 0.5) is 0 Å². The van der Waals surface area contributed by atoms with Gasteiger partial charge in [0.2, 0.25) is 0 Å². The summed E-state index contributed by atoms with van der Waals surface area (Å²) >= 11 is 0. The normalized spacial score (nSPS) is 11.0. The topological polar surface area (TPSA) is 198 Å². The molecule has 0 aliphatic heterocycles. The van der Waals surface area contributed by atoms with Crippen LogP contribution in [0.25, 0.3) is 0 Å². The minimum atomic E-state index is -3.88. The molecule has 0 bridgehead atoms. The van der Waals surface area contributed by atoms with Crippen molar-refractivity contribution in [1.29, 1.82) is 0 Å². The number of hydrogen-bond acceptors (Lipinski definition) is 7. The molecule has 0 saturated carbocycles. The van der Waals surface area contributed by atoms with Crippen molar-refractivity contribution in [2.45, 2.75) is 17.3 Å². The van der Waals surface area contributed by atoms with E-state index in [0.29, 0.717) is 16.7 Å². The van der Waals surface area contributed by atoms with E-state index < -0.39 is 30.4 Å². The second kappa shape index (κ2) is 14.6. The van der Waals surface area contributed by atoms with Gasteiger partial charge in [-0.15, -0.1) is 0 Å². The monoisotopic (exact) mass is 533 g/mol. The van der Waals surface area contributed by atoms with E-state index in [4.69, 9.17) is 13.7 Å². The molecule has 0 aliphatic carbocycles. The molecule has 6 N–H and O–H groups in total. The molecule has 0 heterocycles. The van der Waals surface area contributed by atoms with Gasteiger partial charge in [0.25, 0.3) is 30.4 Å². The molecule has 13 heteroatoms. The Labute approximate surface area is 200 Å². The molecule has 0 aliphatic rings. The Hall–Kier alpha value is -2.65. The first-order chi connectivity index (χ1) is 15.2. The molecule has 0 amide bonds. The molecule has 0 unspecified atom stereocenters. The van der Waals surface area contributed by atoms with E-state index in [1.807, 2.05) is 0 Å². The fraction of sp³-hybridized carbons (Fsp3) is 0.143. The fourth-order valence-corrected chi connectivity index (χ4v) is 4.20. The average molecular weight is 534 g/mol. The summed E-state index contributed by atoms with van der Waals surface area (Å²) in [6, 6.07) is 25.6. The van der Waals surface area contributed by atoms with Gasteiger partial charge >= 0.3 is 0 Å². The van der Waals surface area contributed by atoms with Crippen molar-refractivity contribution in [2.75, 3.05) is 0 Å². The van der Waals surface area contributed by atoms with E-state index in [9.17, 15) is 25.3 Å². The van der Waals surface area contributed by atoms with Crippen LogP contribution in [-0.4, -0.2) is 38.9 Å². The van der Waals surface area contributed by atoms with Gasteiger partial charge in [-0.25, -0.2) is 0 Å². The Morgan fingerprint density at radius 1 is 0.412 bits per heavy atom. The first kappa shape index (κ1) is 31.4. The largest absolute Gasteiger partial charge is 0.344 e. The van der Waals surface area contributed by atoms with Crippen LogP contribution in [0.5, 0.6) is 0 Å². The molecule has 0 atom stereocenters. The Morgan fingerprint density at radius 2 is 0.588 bits per heavy atom. The zero-order valence-corrected chi connectivity index (χ0v) is 20.5. The highest BCUT2D eigenvalue weighted by atomic mass is 32.2. The van der Waals surface area contributed by atoms with Gasteiger partial charge in [-0.1, -0.05) is 91.0 Å². The summed E-state index contributed by atoms with van der Waals surface area (Å²) < 4.78 is 87.5. The van der Waals surface area contributed by atoms with Gasteiger partial charge < -0.3 is 6.15 Å². The summed E-state index contributed by atoms with van der Waals surface area (Å²) in [5.74, 6) is -0.935. The lowest BCUT2D eigenvalue weighted by Crippen LogP contribution is -2.00. The maximum absolute atomic E-state index is 10.4. The quantitative estimate of drug-likeness (QED) is 0.341. The average Bonchev–Trinajstić information content (AvgIpc) is 2.67. The number of rotatable bonds is 6. The molecular weight excluding hydrogens is 506 g/mol. The lowest BCUT2D eigenvalue weighted by Gasteiger charge is -1.95. The van der Waals surface area contributed by atoms with Crippen molar-refractivity contribution < 1.29 is 38.9 Å². The van der Waals surface area contributed by atoms with Crippen molar-refractivity contribution in [3.05, 3.63) is 108 Å². The Balaban J connectivity index is 0.000000473. The maximum Gasteiger partial charge on any atom is 0.269 e. The van der Waals surface area contributed by atoms with E-state index in [1.165, 1.54) is 0 Å². The first-order valence-corrected chi connectivity index (χ1v) is 14.0. The first-order valence-electron chi connectivity index (χ1n) is 9.21. The van der Waals surface area contributed by atoms with Crippen molar-refractivity contribution in [2.24, 2.45) is 0 Å². The van der Waals surface area contributed by atoms with Crippen molar-refractivity contribution in [3.63, 3.8) is 0 Å². The molecule has 10 nitrogen and oxygen atoms in total. The number of benzene rings is 3. The summed E-state index contributed by atoms with van der Waals surface area (Å²) in [5.41, 5.74) is 1.78. The third kappa shape index (κ3) is 17.9. The molecule has 0 saturated heterocycles. The second-order valence-corrected chi connectivity index (χ2v) is 11.0. The SMILES string of the molecule is N.O=S(=O)(O)Cc1ccccc1.O=S(=O)(O)Cc1ccccc1.O=S(=O)(O)Cc1ccccc1. The third-order valence-corrected chi connectivity index (χ3v) is 5.67. The smallest absolute Gasteiger partial charge is 0.269 e. The van der Waals surface area contributed by atoms with Gasteiger partial charge in [0, 0.05) is 0 Å². The van der Waals surface area contributed by atoms with Crippen molar-refractivity contribution >= 4 is 30.4 Å². The van der Waals surface area contributed by atoms with E-state index in [-0.39, 0.29) is 23.4 Å². The van der Waals surface area contributed by atoms with Crippen LogP contribution in [-0.2, 0) is 47.6 Å². The van der Waals surface area contributed by atoms with E-state index in [1.54, 1.807) is 91.0 Å². The Morgan fingerprint density at radius 3 is 0.735 bits per heavy atom. The Bertz CT molecular complexity index is 1120. The summed E-state index contributed by atoms with van der Waals surface area (Å²) in [6.45, 7) is 0. The molecule has 0 aromatic heterocycles. The lowest BCUT2D eigenvalue weighted by molar-refractivity contribution is 0.479. The highest BCUT2D eigenvalue weighted by Crippen LogP contribution is 2.04. The van der Waals surface area contributed by atoms with Gasteiger partial charge in [0.15, 0.2) is 0 Å². The predicted octanol–water partition coefficient (Wildman–Crippen LogP) is 3.39. The van der Waals surface area contributed by atoms with Crippen LogP contribution < -0.4 is 6.15 Å². The standard InChI is InChI=1S/3C7H8O3S.H3N/c3*8-11(9,10)6-7-4-2-1-3-5-7;/h3*1-5H,6H2,(H,8,9,10);1H3. The molecular formula is C21H27NO9S3. The molecule has 3 aromatic rings. The minimum Gasteiger partial charge on any atom is -0.344 e. The van der Waals surface area contributed by atoms with Gasteiger partial charge in [-0.3, -0.25) is 13.7 Å². The lowest BCUT2D eigenvalue weighted by atomic mass is 10.2. The maximum atomic E-state index is 10.4. The summed E-state index contributed by atoms with van der Waals surface area (Å²) in [4.78, 5) is 0. The molecule has 3 aromatic carbocycles. The third-order valence-electron chi connectivity index (χ3n) is 3.58. The van der Waals surface area contributed by atoms with Gasteiger partial charge in [-0.05, 0) is 16.7 Å². The molecule has 188 valence electrons. The van der Waals surface area contributed by atoms with Crippen LogP contribution in [0.2, 0.25) is 0 Å². The van der Waals surface area contributed by atoms with Gasteiger partial charge in [-0.2, -0.15) is 25.3 Å². The molecule has 0 fully saturated rings. The van der Waals surface area contributed by atoms with Crippen LogP contribution in [0, 0.1) is 0 Å². The fourth-order valence-electron chi connectivity index (χ4n) is 2.35. The summed E-state index contributed by atoms with van der Waals surface area (Å²) in [7, 11) is -11.6. The van der Waals surface area contributed by atoms with E-state index >= 15 is 0 Å². The second-order valence-electron chi connectivity index (χ2n) is 6.64. The zero-order valence-electron chi connectivity index (χ0n) is 18.0. The van der Waals surface area contributed by atoms with E-state index in [0.717, 1.165) is 0 Å². The molecule has 34 heavy (non-hydrogen) atoms. The molecule has 0 radical (unpaired) electrons. The summed E-state index contributed by atoms with van der Waals surface area (Å²) in [6.07, 6.45) is 0. The molecule has 3 rings (SSSR count). The Kier molecular flexibility index (Phi) is 13.4. The van der Waals surface area contributed by atoms with Gasteiger partial charge in [0.05, 0.1) is 0 Å². The van der Waals surface area contributed by atoms with Crippen molar-refractivity contribution in [1.82, 2.24) is 6.15 Å². The van der Waals surface area contributed by atoms with Crippen LogP contribution >= 0.6 is 0 Å². The highest BCUT2D eigenvalue weighted by molar-refractivity contribution is 7.85. The van der Waals surface area contributed by atoms with Crippen LogP contribution in [0.1, 0.15) is 16.7 Å². The van der Waals surface area contributed by atoms with Gasteiger partial charge in [0.1, 0.15) is 17.3 Å². The zero-order chi connectivity index (χ0) is 25.0. The van der Waals surface area contributed by atoms with E-state index in [2.05, 4.69) is 0 Å². The van der Waals surface area contributed by atoms with Crippen LogP contribution in [0.15, 0.2) is 91.0 Å². The molecule has 0 spiro atoms. The minimum absolute atomic E-state index is 0. The number of hydrogen-bond donors (Lipinski definition) is 4. The van der Waals surface area contributed by atoms with Crippen molar-refractivity contribution in [3.8, 4) is 0 Å². The highest BCUT2D eigenvalue weighted by Gasteiger charge is 2.05.